The highest BCUT2D eigenvalue weighted by molar-refractivity contribution is 7.80. The number of fused-ring (bicyclic) bond motifs is 1. The molecule has 1 fully saturated rings. The number of ketones is 1. The summed E-state index contributed by atoms with van der Waals surface area (Å²) in [7, 11) is 0. The van der Waals surface area contributed by atoms with Gasteiger partial charge in [-0.1, -0.05) is 55.6 Å². The van der Waals surface area contributed by atoms with Crippen LogP contribution in [-0.2, 0) is 0 Å². The number of piperazine rings is 1. The third kappa shape index (κ3) is 5.66. The third-order valence-electron chi connectivity index (χ3n) is 6.19. The fraction of sp³-hybridized carbons (Fsp3) is 0.172. The number of benzene rings is 2. The number of Topliss-reactive ketones (excluding diaryl/α,β-unsaturated/α-hetero) is 1. The van der Waals surface area contributed by atoms with Crippen molar-refractivity contribution in [1.82, 2.24) is 19.8 Å². The number of aromatic nitrogens is 2. The Bertz CT molecular complexity index is 1320. The number of H-pyrrole nitrogens is 1. The molecule has 1 N–H and O–H groups in total. The predicted octanol–water partition coefficient (Wildman–Crippen LogP) is 6.14. The lowest BCUT2D eigenvalue weighted by molar-refractivity contribution is 0.101. The zero-order chi connectivity index (χ0) is 24.8. The van der Waals surface area contributed by atoms with Crippen LogP contribution in [0.1, 0.15) is 22.8 Å². The van der Waals surface area contributed by atoms with Crippen LogP contribution in [0.5, 0.6) is 0 Å². The van der Waals surface area contributed by atoms with Crippen LogP contribution < -0.4 is 0 Å². The van der Waals surface area contributed by atoms with Crippen LogP contribution in [0.2, 0.25) is 0 Å². The largest absolute Gasteiger partial charge is 0.374 e. The molecule has 0 bridgehead atoms. The summed E-state index contributed by atoms with van der Waals surface area (Å²) in [5.41, 5.74) is 6.69. The molecule has 6 heteroatoms. The summed E-state index contributed by atoms with van der Waals surface area (Å²) in [5, 5.41) is 0. The molecule has 3 heterocycles. The van der Waals surface area contributed by atoms with Crippen molar-refractivity contribution in [2.24, 2.45) is 0 Å². The number of hydrogen-bond donors (Lipinski definition) is 2. The molecule has 35 heavy (non-hydrogen) atoms. The van der Waals surface area contributed by atoms with Crippen LogP contribution >= 0.6 is 12.6 Å². The standard InChI is InChI=1S/C15H12N2OS.C14H18N2/c1-9(18)13-8-17-14-12(6-7-16-15(13)14)10-2-4-11(19)5-3-10;1-3-15-9-11-16(12-10-15)13(2)14-7-5-4-6-8-14/h2-8,17,19H,1H3;3-8H,1-2,9-12H2. The Kier molecular flexibility index (Phi) is 7.73. The van der Waals surface area contributed by atoms with Gasteiger partial charge in [0, 0.05) is 54.7 Å². The SMILES string of the molecule is C=CN1CCN(C(=C)c2ccccc2)CC1.CC(=O)c1c[nH]c2c(-c3ccc(S)cc3)ccnc12. The average Bonchev–Trinajstić information content (AvgIpc) is 3.35. The monoisotopic (exact) mass is 482 g/mol. The summed E-state index contributed by atoms with van der Waals surface area (Å²) in [5.74, 6) is 0.0154. The quantitative estimate of drug-likeness (QED) is 0.265. The lowest BCUT2D eigenvalue weighted by atomic mass is 10.0. The topological polar surface area (TPSA) is 52.2 Å². The van der Waals surface area contributed by atoms with E-state index in [2.05, 4.69) is 69.8 Å². The van der Waals surface area contributed by atoms with Crippen LogP contribution in [0.15, 0.2) is 97.3 Å². The van der Waals surface area contributed by atoms with Gasteiger partial charge in [0.25, 0.3) is 0 Å². The molecule has 0 atom stereocenters. The fourth-order valence-electron chi connectivity index (χ4n) is 4.16. The van der Waals surface area contributed by atoms with Gasteiger partial charge in [0.15, 0.2) is 5.78 Å². The van der Waals surface area contributed by atoms with Crippen molar-refractivity contribution in [3.63, 3.8) is 0 Å². The first-order chi connectivity index (χ1) is 17.0. The highest BCUT2D eigenvalue weighted by atomic mass is 32.1. The summed E-state index contributed by atoms with van der Waals surface area (Å²) in [4.78, 5) is 24.5. The number of carbonyl (C=O) groups excluding carboxylic acids is 1. The van der Waals surface area contributed by atoms with Crippen LogP contribution in [0.25, 0.3) is 27.9 Å². The van der Waals surface area contributed by atoms with Crippen LogP contribution in [0.3, 0.4) is 0 Å². The number of carbonyl (C=O) groups is 1. The minimum absolute atomic E-state index is 0.0154. The summed E-state index contributed by atoms with van der Waals surface area (Å²) >= 11 is 4.28. The minimum atomic E-state index is 0.0154. The van der Waals surface area contributed by atoms with Gasteiger partial charge in [-0.25, -0.2) is 0 Å². The number of rotatable bonds is 5. The van der Waals surface area contributed by atoms with Gasteiger partial charge in [-0.2, -0.15) is 0 Å². The van der Waals surface area contributed by atoms with E-state index in [-0.39, 0.29) is 5.78 Å². The van der Waals surface area contributed by atoms with E-state index >= 15 is 0 Å². The molecule has 0 radical (unpaired) electrons. The maximum atomic E-state index is 11.5. The van der Waals surface area contributed by atoms with Gasteiger partial charge in [0.05, 0.1) is 16.6 Å². The second-order valence-corrected chi connectivity index (χ2v) is 8.92. The van der Waals surface area contributed by atoms with E-state index in [4.69, 9.17) is 0 Å². The summed E-state index contributed by atoms with van der Waals surface area (Å²) in [6.45, 7) is 13.7. The first-order valence-corrected chi connectivity index (χ1v) is 12.0. The van der Waals surface area contributed by atoms with Gasteiger partial charge in [-0.15, -0.1) is 12.6 Å². The van der Waals surface area contributed by atoms with Crippen molar-refractivity contribution in [3.05, 3.63) is 104 Å². The number of nitrogens with zero attached hydrogens (tertiary/aromatic N) is 3. The molecule has 0 aliphatic carbocycles. The second kappa shape index (κ2) is 11.1. The second-order valence-electron chi connectivity index (χ2n) is 8.41. The van der Waals surface area contributed by atoms with Crippen molar-refractivity contribution < 1.29 is 4.79 Å². The Morgan fingerprint density at radius 3 is 2.34 bits per heavy atom. The van der Waals surface area contributed by atoms with Crippen LogP contribution in [0, 0.1) is 0 Å². The minimum Gasteiger partial charge on any atom is -0.374 e. The highest BCUT2D eigenvalue weighted by Crippen LogP contribution is 2.29. The van der Waals surface area contributed by atoms with E-state index in [0.717, 1.165) is 58.9 Å². The number of hydrogen-bond acceptors (Lipinski definition) is 5. The van der Waals surface area contributed by atoms with Gasteiger partial charge < -0.3 is 14.8 Å². The summed E-state index contributed by atoms with van der Waals surface area (Å²) in [6, 6.07) is 20.2. The lowest BCUT2D eigenvalue weighted by Gasteiger charge is -2.36. The molecule has 0 spiro atoms. The molecule has 2 aromatic heterocycles. The van der Waals surface area contributed by atoms with E-state index in [0.29, 0.717) is 5.56 Å². The molecule has 1 aliphatic heterocycles. The zero-order valence-electron chi connectivity index (χ0n) is 19.9. The number of pyridine rings is 1. The first-order valence-electron chi connectivity index (χ1n) is 11.6. The molecule has 1 saturated heterocycles. The van der Waals surface area contributed by atoms with Crippen LogP contribution in [0.4, 0.5) is 0 Å². The van der Waals surface area contributed by atoms with Crippen molar-refractivity contribution >= 4 is 35.1 Å². The van der Waals surface area contributed by atoms with E-state index in [9.17, 15) is 4.79 Å². The van der Waals surface area contributed by atoms with Crippen molar-refractivity contribution in [1.29, 1.82) is 0 Å². The molecule has 1 aliphatic rings. The molecule has 0 saturated carbocycles. The van der Waals surface area contributed by atoms with Crippen molar-refractivity contribution in [2.45, 2.75) is 11.8 Å². The van der Waals surface area contributed by atoms with E-state index < -0.39 is 0 Å². The Morgan fingerprint density at radius 2 is 1.71 bits per heavy atom. The van der Waals surface area contributed by atoms with Gasteiger partial charge in [-0.05, 0) is 42.4 Å². The molecule has 178 valence electrons. The van der Waals surface area contributed by atoms with E-state index in [1.54, 1.807) is 19.3 Å². The summed E-state index contributed by atoms with van der Waals surface area (Å²) in [6.07, 6.45) is 5.37. The smallest absolute Gasteiger partial charge is 0.163 e. The summed E-state index contributed by atoms with van der Waals surface area (Å²) < 4.78 is 0. The molecule has 0 amide bonds. The highest BCUT2D eigenvalue weighted by Gasteiger charge is 2.16. The average molecular weight is 483 g/mol. The van der Waals surface area contributed by atoms with Gasteiger partial charge >= 0.3 is 0 Å². The van der Waals surface area contributed by atoms with E-state index in [1.165, 1.54) is 5.56 Å². The maximum Gasteiger partial charge on any atom is 0.163 e. The molecule has 5 nitrogen and oxygen atoms in total. The molecule has 0 unspecified atom stereocenters. The number of thiol groups is 1. The zero-order valence-corrected chi connectivity index (χ0v) is 20.8. The molecule has 5 rings (SSSR count). The lowest BCUT2D eigenvalue weighted by Crippen LogP contribution is -2.42. The Balaban J connectivity index is 0.000000168. The normalized spacial score (nSPS) is 13.2. The van der Waals surface area contributed by atoms with Crippen molar-refractivity contribution in [2.75, 3.05) is 26.2 Å². The molecular weight excluding hydrogens is 452 g/mol. The molecular formula is C29H30N4OS. The third-order valence-corrected chi connectivity index (χ3v) is 6.48. The fourth-order valence-corrected chi connectivity index (χ4v) is 4.31. The van der Waals surface area contributed by atoms with Gasteiger partial charge in [-0.3, -0.25) is 9.78 Å². The van der Waals surface area contributed by atoms with Gasteiger partial charge in [0.2, 0.25) is 0 Å². The van der Waals surface area contributed by atoms with Crippen molar-refractivity contribution in [3.8, 4) is 11.1 Å². The Labute approximate surface area is 212 Å². The van der Waals surface area contributed by atoms with E-state index in [1.807, 2.05) is 42.6 Å². The number of aromatic amines is 1. The molecule has 2 aromatic carbocycles. The maximum absolute atomic E-state index is 11.5. The Morgan fingerprint density at radius 1 is 1.03 bits per heavy atom. The number of nitrogens with one attached hydrogen (secondary N) is 1. The first kappa shape index (κ1) is 24.4. The van der Waals surface area contributed by atoms with Crippen LogP contribution in [-0.4, -0.2) is 51.7 Å². The van der Waals surface area contributed by atoms with Gasteiger partial charge in [0.1, 0.15) is 0 Å². The Hall–Kier alpha value is -3.77. The molecule has 4 aromatic rings. The predicted molar refractivity (Wildman–Crippen MR) is 148 cm³/mol.